The molecule has 0 bridgehead atoms. The molecule has 0 radical (unpaired) electrons. The number of rotatable bonds is 6. The second kappa shape index (κ2) is 8.64. The van der Waals surface area contributed by atoms with E-state index in [9.17, 15) is 14.9 Å². The molecule has 0 aliphatic heterocycles. The first-order chi connectivity index (χ1) is 13.3. The van der Waals surface area contributed by atoms with Crippen LogP contribution in [-0.2, 0) is 4.79 Å². The van der Waals surface area contributed by atoms with Crippen LogP contribution in [0.2, 0.25) is 10.0 Å². The van der Waals surface area contributed by atoms with Crippen LogP contribution in [0.25, 0.3) is 5.69 Å². The fourth-order valence-corrected chi connectivity index (χ4v) is 3.52. The van der Waals surface area contributed by atoms with E-state index in [1.165, 1.54) is 30.0 Å². The Morgan fingerprint density at radius 3 is 2.64 bits per heavy atom. The molecule has 144 valence electrons. The van der Waals surface area contributed by atoms with E-state index >= 15 is 0 Å². The Bertz CT molecular complexity index is 1020. The summed E-state index contributed by atoms with van der Waals surface area (Å²) in [6.07, 6.45) is 3.42. The largest absolute Gasteiger partial charge is 0.324 e. The zero-order valence-electron chi connectivity index (χ0n) is 14.5. The fourth-order valence-electron chi connectivity index (χ4n) is 2.34. The molecule has 1 unspecified atom stereocenters. The molecule has 1 heterocycles. The summed E-state index contributed by atoms with van der Waals surface area (Å²) < 4.78 is 1.84. The van der Waals surface area contributed by atoms with E-state index in [2.05, 4.69) is 10.3 Å². The Morgan fingerprint density at radius 2 is 1.96 bits per heavy atom. The predicted molar refractivity (Wildman–Crippen MR) is 111 cm³/mol. The molecule has 3 rings (SSSR count). The standard InChI is InChI=1S/C18H14Cl2N4O3S/c1-11(17(25)22-16-10-14(24(26)27)6-7-15(16)20)28-18-21-8-9-23(18)13-4-2-12(19)3-5-13/h2-11H,1H3,(H,22,25). The summed E-state index contributed by atoms with van der Waals surface area (Å²) in [7, 11) is 0. The predicted octanol–water partition coefficient (Wildman–Crippen LogP) is 5.21. The molecule has 10 heteroatoms. The van der Waals surface area contributed by atoms with E-state index in [-0.39, 0.29) is 22.3 Å². The number of nitro benzene ring substituents is 1. The zero-order chi connectivity index (χ0) is 20.3. The molecule has 0 saturated carbocycles. The van der Waals surface area contributed by atoms with E-state index in [0.717, 1.165) is 5.69 Å². The van der Waals surface area contributed by atoms with Gasteiger partial charge in [0.15, 0.2) is 5.16 Å². The van der Waals surface area contributed by atoms with Crippen LogP contribution in [-0.4, -0.2) is 25.6 Å². The molecule has 2 aromatic carbocycles. The van der Waals surface area contributed by atoms with Gasteiger partial charge >= 0.3 is 0 Å². The number of carbonyl (C=O) groups is 1. The third kappa shape index (κ3) is 4.64. The number of halogens is 2. The number of imidazole rings is 1. The van der Waals surface area contributed by atoms with Crippen molar-refractivity contribution in [3.05, 3.63) is 75.0 Å². The number of anilines is 1. The number of nitro groups is 1. The number of benzene rings is 2. The van der Waals surface area contributed by atoms with Gasteiger partial charge in [-0.15, -0.1) is 0 Å². The van der Waals surface area contributed by atoms with Crippen LogP contribution >= 0.6 is 35.0 Å². The molecule has 7 nitrogen and oxygen atoms in total. The quantitative estimate of drug-likeness (QED) is 0.325. The van der Waals surface area contributed by atoms with Crippen molar-refractivity contribution >= 4 is 52.2 Å². The minimum Gasteiger partial charge on any atom is -0.324 e. The maximum atomic E-state index is 12.5. The lowest BCUT2D eigenvalue weighted by Crippen LogP contribution is -2.23. The van der Waals surface area contributed by atoms with Gasteiger partial charge in [0.1, 0.15) is 0 Å². The fraction of sp³-hybridized carbons (Fsp3) is 0.111. The van der Waals surface area contributed by atoms with Gasteiger partial charge in [-0.3, -0.25) is 19.5 Å². The van der Waals surface area contributed by atoms with Crippen LogP contribution in [0.15, 0.2) is 60.0 Å². The topological polar surface area (TPSA) is 90.1 Å². The van der Waals surface area contributed by atoms with Crippen LogP contribution in [0, 0.1) is 10.1 Å². The normalized spacial score (nSPS) is 11.8. The van der Waals surface area contributed by atoms with E-state index in [1.54, 1.807) is 31.5 Å². The van der Waals surface area contributed by atoms with Gasteiger partial charge in [-0.25, -0.2) is 4.98 Å². The minimum atomic E-state index is -0.549. The van der Waals surface area contributed by atoms with Gasteiger partial charge in [-0.05, 0) is 37.3 Å². The lowest BCUT2D eigenvalue weighted by Gasteiger charge is -2.14. The van der Waals surface area contributed by atoms with Crippen molar-refractivity contribution in [3.8, 4) is 5.69 Å². The summed E-state index contributed by atoms with van der Waals surface area (Å²) in [6.45, 7) is 1.71. The van der Waals surface area contributed by atoms with Crippen LogP contribution in [0.5, 0.6) is 0 Å². The molecular weight excluding hydrogens is 423 g/mol. The van der Waals surface area contributed by atoms with Gasteiger partial charge in [0.2, 0.25) is 5.91 Å². The highest BCUT2D eigenvalue weighted by Crippen LogP contribution is 2.29. The molecule has 1 amide bonds. The van der Waals surface area contributed by atoms with Gasteiger partial charge in [0.05, 0.1) is 20.9 Å². The third-order valence-electron chi connectivity index (χ3n) is 3.78. The second-order valence-electron chi connectivity index (χ2n) is 5.73. The summed E-state index contributed by atoms with van der Waals surface area (Å²) in [5.41, 5.74) is 0.895. The molecule has 28 heavy (non-hydrogen) atoms. The summed E-state index contributed by atoms with van der Waals surface area (Å²) in [5, 5.41) is 14.5. The number of hydrogen-bond donors (Lipinski definition) is 1. The van der Waals surface area contributed by atoms with Gasteiger partial charge in [0, 0.05) is 35.2 Å². The number of aromatic nitrogens is 2. The van der Waals surface area contributed by atoms with Crippen molar-refractivity contribution in [2.45, 2.75) is 17.3 Å². The lowest BCUT2D eigenvalue weighted by molar-refractivity contribution is -0.384. The van der Waals surface area contributed by atoms with Crippen LogP contribution in [0.3, 0.4) is 0 Å². The molecular formula is C18H14Cl2N4O3S. The second-order valence-corrected chi connectivity index (χ2v) is 7.88. The van der Waals surface area contributed by atoms with E-state index in [1.807, 2.05) is 16.7 Å². The Morgan fingerprint density at radius 1 is 1.25 bits per heavy atom. The molecule has 1 aromatic heterocycles. The smallest absolute Gasteiger partial charge is 0.271 e. The van der Waals surface area contributed by atoms with Crippen molar-refractivity contribution in [3.63, 3.8) is 0 Å². The maximum absolute atomic E-state index is 12.5. The summed E-state index contributed by atoms with van der Waals surface area (Å²) in [4.78, 5) is 27.2. The third-order valence-corrected chi connectivity index (χ3v) is 5.44. The maximum Gasteiger partial charge on any atom is 0.271 e. The molecule has 0 saturated heterocycles. The highest BCUT2D eigenvalue weighted by molar-refractivity contribution is 8.00. The molecule has 0 aliphatic carbocycles. The van der Waals surface area contributed by atoms with E-state index < -0.39 is 10.2 Å². The molecule has 1 atom stereocenters. The van der Waals surface area contributed by atoms with Crippen LogP contribution in [0.1, 0.15) is 6.92 Å². The van der Waals surface area contributed by atoms with Crippen molar-refractivity contribution in [1.29, 1.82) is 0 Å². The first-order valence-corrected chi connectivity index (χ1v) is 9.69. The average molecular weight is 437 g/mol. The first kappa shape index (κ1) is 20.2. The van der Waals surface area contributed by atoms with Crippen molar-refractivity contribution < 1.29 is 9.72 Å². The van der Waals surface area contributed by atoms with E-state index in [4.69, 9.17) is 23.2 Å². The highest BCUT2D eigenvalue weighted by Gasteiger charge is 2.20. The first-order valence-electron chi connectivity index (χ1n) is 8.06. The number of amides is 1. The number of thioether (sulfide) groups is 1. The van der Waals surface area contributed by atoms with Gasteiger partial charge in [-0.1, -0.05) is 35.0 Å². The summed E-state index contributed by atoms with van der Waals surface area (Å²) >= 11 is 13.2. The number of nitrogens with zero attached hydrogens (tertiary/aromatic N) is 3. The van der Waals surface area contributed by atoms with Gasteiger partial charge < -0.3 is 5.32 Å². The number of nitrogens with one attached hydrogen (secondary N) is 1. The SMILES string of the molecule is CC(Sc1nccn1-c1ccc(Cl)cc1)C(=O)Nc1cc([N+](=O)[O-])ccc1Cl. The summed E-state index contributed by atoms with van der Waals surface area (Å²) in [5.74, 6) is -0.349. The highest BCUT2D eigenvalue weighted by atomic mass is 35.5. The van der Waals surface area contributed by atoms with Crippen molar-refractivity contribution in [2.24, 2.45) is 0 Å². The van der Waals surface area contributed by atoms with E-state index in [0.29, 0.717) is 10.2 Å². The number of carbonyl (C=O) groups excluding carboxylic acids is 1. The average Bonchev–Trinajstić information content (AvgIpc) is 3.12. The molecule has 3 aromatic rings. The van der Waals surface area contributed by atoms with Crippen molar-refractivity contribution in [1.82, 2.24) is 9.55 Å². The molecule has 0 fully saturated rings. The minimum absolute atomic E-state index is 0.154. The van der Waals surface area contributed by atoms with Crippen LogP contribution < -0.4 is 5.32 Å². The van der Waals surface area contributed by atoms with Gasteiger partial charge in [0.25, 0.3) is 5.69 Å². The van der Waals surface area contributed by atoms with Crippen molar-refractivity contribution in [2.75, 3.05) is 5.32 Å². The van der Waals surface area contributed by atoms with Gasteiger partial charge in [-0.2, -0.15) is 0 Å². The molecule has 0 spiro atoms. The number of hydrogen-bond acceptors (Lipinski definition) is 5. The summed E-state index contributed by atoms with van der Waals surface area (Å²) in [6, 6.07) is 11.1. The zero-order valence-corrected chi connectivity index (χ0v) is 16.8. The lowest BCUT2D eigenvalue weighted by atomic mass is 10.2. The Kier molecular flexibility index (Phi) is 6.23. The monoisotopic (exact) mass is 436 g/mol. The molecule has 0 aliphatic rings. The van der Waals surface area contributed by atoms with Crippen LogP contribution in [0.4, 0.5) is 11.4 Å². The number of non-ortho nitro benzene ring substituents is 1. The molecule has 1 N–H and O–H groups in total. The Labute approximate surface area is 174 Å². The Hall–Kier alpha value is -2.55. The Balaban J connectivity index is 1.74.